The predicted octanol–water partition coefficient (Wildman–Crippen LogP) is 2.08. The molecule has 2 heterocycles. The van der Waals surface area contributed by atoms with Gasteiger partial charge in [0.1, 0.15) is 6.04 Å². The number of carboxylic acid groups (broad SMARTS) is 1. The Morgan fingerprint density at radius 3 is 2.79 bits per heavy atom. The molecular formula is C13H22N2O3S. The Labute approximate surface area is 118 Å². The molecule has 1 unspecified atom stereocenters. The van der Waals surface area contributed by atoms with Crippen LogP contribution in [0.25, 0.3) is 0 Å². The number of carbonyl (C=O) groups is 2. The molecule has 2 atom stereocenters. The van der Waals surface area contributed by atoms with Gasteiger partial charge in [0.05, 0.1) is 5.88 Å². The molecule has 2 fully saturated rings. The zero-order valence-electron chi connectivity index (χ0n) is 11.4. The highest BCUT2D eigenvalue weighted by Crippen LogP contribution is 2.25. The number of rotatable bonds is 2. The van der Waals surface area contributed by atoms with Crippen LogP contribution >= 0.6 is 11.8 Å². The predicted molar refractivity (Wildman–Crippen MR) is 75.2 cm³/mol. The molecule has 2 saturated heterocycles. The highest BCUT2D eigenvalue weighted by Gasteiger charge is 2.37. The van der Waals surface area contributed by atoms with E-state index in [1.165, 1.54) is 29.5 Å². The first kappa shape index (κ1) is 14.5. The maximum atomic E-state index is 12.4. The maximum Gasteiger partial charge on any atom is 0.327 e. The molecule has 0 saturated carbocycles. The zero-order chi connectivity index (χ0) is 13.8. The summed E-state index contributed by atoms with van der Waals surface area (Å²) < 4.78 is 0. The van der Waals surface area contributed by atoms with Gasteiger partial charge in [-0.2, -0.15) is 0 Å². The van der Waals surface area contributed by atoms with Crippen molar-refractivity contribution in [2.75, 3.05) is 24.7 Å². The molecule has 0 aromatic rings. The van der Waals surface area contributed by atoms with Gasteiger partial charge in [-0.25, -0.2) is 9.59 Å². The first-order chi connectivity index (χ1) is 9.13. The van der Waals surface area contributed by atoms with Crippen LogP contribution in [0.3, 0.4) is 0 Å². The summed E-state index contributed by atoms with van der Waals surface area (Å²) in [6, 6.07) is -0.739. The van der Waals surface area contributed by atoms with Crippen molar-refractivity contribution in [2.24, 2.45) is 5.92 Å². The Morgan fingerprint density at radius 2 is 2.11 bits per heavy atom. The Kier molecular flexibility index (Phi) is 4.96. The smallest absolute Gasteiger partial charge is 0.327 e. The van der Waals surface area contributed by atoms with Gasteiger partial charge in [-0.3, -0.25) is 0 Å². The number of likely N-dealkylation sites (tertiary alicyclic amines) is 1. The van der Waals surface area contributed by atoms with Crippen molar-refractivity contribution in [1.82, 2.24) is 9.80 Å². The van der Waals surface area contributed by atoms with E-state index in [0.717, 1.165) is 25.9 Å². The third kappa shape index (κ3) is 3.35. The van der Waals surface area contributed by atoms with Crippen molar-refractivity contribution >= 4 is 23.8 Å². The van der Waals surface area contributed by atoms with Crippen molar-refractivity contribution in [3.63, 3.8) is 0 Å². The summed E-state index contributed by atoms with van der Waals surface area (Å²) in [4.78, 5) is 26.9. The van der Waals surface area contributed by atoms with Crippen LogP contribution in [-0.4, -0.2) is 57.7 Å². The van der Waals surface area contributed by atoms with Crippen LogP contribution in [0.1, 0.15) is 32.6 Å². The fourth-order valence-electron chi connectivity index (χ4n) is 2.78. The number of aliphatic carboxylic acids is 1. The summed E-state index contributed by atoms with van der Waals surface area (Å²) in [5.74, 6) is 0.830. The SMILES string of the molecule is CCC1CCCN(C(=O)N2CSC[C@H]2C(=O)O)CC1. The lowest BCUT2D eigenvalue weighted by Gasteiger charge is -2.29. The van der Waals surface area contributed by atoms with Gasteiger partial charge in [-0.05, 0) is 25.2 Å². The number of thioether (sulfide) groups is 1. The van der Waals surface area contributed by atoms with Gasteiger partial charge in [-0.1, -0.05) is 13.3 Å². The molecule has 1 N–H and O–H groups in total. The van der Waals surface area contributed by atoms with Gasteiger partial charge in [-0.15, -0.1) is 11.8 Å². The van der Waals surface area contributed by atoms with Crippen LogP contribution in [0.5, 0.6) is 0 Å². The normalized spacial score (nSPS) is 28.3. The van der Waals surface area contributed by atoms with Crippen molar-refractivity contribution in [3.05, 3.63) is 0 Å². The molecule has 5 nitrogen and oxygen atoms in total. The zero-order valence-corrected chi connectivity index (χ0v) is 12.2. The maximum absolute atomic E-state index is 12.4. The molecule has 2 aliphatic heterocycles. The second kappa shape index (κ2) is 6.50. The summed E-state index contributed by atoms with van der Waals surface area (Å²) in [7, 11) is 0. The van der Waals surface area contributed by atoms with E-state index in [2.05, 4.69) is 6.92 Å². The van der Waals surface area contributed by atoms with Gasteiger partial charge in [0.25, 0.3) is 0 Å². The Hall–Kier alpha value is -0.910. The quantitative estimate of drug-likeness (QED) is 0.844. The van der Waals surface area contributed by atoms with E-state index in [1.807, 2.05) is 4.90 Å². The summed E-state index contributed by atoms with van der Waals surface area (Å²) in [6.07, 6.45) is 4.42. The van der Waals surface area contributed by atoms with Crippen LogP contribution in [0, 0.1) is 5.92 Å². The highest BCUT2D eigenvalue weighted by molar-refractivity contribution is 7.99. The molecule has 2 amide bonds. The Balaban J connectivity index is 1.97. The summed E-state index contributed by atoms with van der Waals surface area (Å²) in [5, 5.41) is 9.14. The molecule has 0 radical (unpaired) electrons. The van der Waals surface area contributed by atoms with E-state index in [9.17, 15) is 9.59 Å². The fraction of sp³-hybridized carbons (Fsp3) is 0.846. The second-order valence-electron chi connectivity index (χ2n) is 5.30. The van der Waals surface area contributed by atoms with Crippen molar-refractivity contribution in [1.29, 1.82) is 0 Å². The van der Waals surface area contributed by atoms with Crippen LogP contribution in [0.15, 0.2) is 0 Å². The number of urea groups is 1. The van der Waals surface area contributed by atoms with Crippen molar-refractivity contribution in [3.8, 4) is 0 Å². The van der Waals surface area contributed by atoms with E-state index < -0.39 is 12.0 Å². The largest absolute Gasteiger partial charge is 0.480 e. The number of carboxylic acids is 1. The molecule has 19 heavy (non-hydrogen) atoms. The van der Waals surface area contributed by atoms with Crippen LogP contribution < -0.4 is 0 Å². The molecule has 0 aliphatic carbocycles. The lowest BCUT2D eigenvalue weighted by Crippen LogP contribution is -2.49. The lowest BCUT2D eigenvalue weighted by atomic mass is 9.98. The van der Waals surface area contributed by atoms with Crippen molar-refractivity contribution < 1.29 is 14.7 Å². The average Bonchev–Trinajstić information content (AvgIpc) is 2.76. The summed E-state index contributed by atoms with van der Waals surface area (Å²) in [5.41, 5.74) is 0. The van der Waals surface area contributed by atoms with Gasteiger partial charge >= 0.3 is 12.0 Å². The third-order valence-corrected chi connectivity index (χ3v) is 5.12. The van der Waals surface area contributed by atoms with E-state index in [0.29, 0.717) is 17.5 Å². The highest BCUT2D eigenvalue weighted by atomic mass is 32.2. The van der Waals surface area contributed by atoms with E-state index in [4.69, 9.17) is 5.11 Å². The number of hydrogen-bond donors (Lipinski definition) is 1. The second-order valence-corrected chi connectivity index (χ2v) is 6.30. The molecule has 0 spiro atoms. The monoisotopic (exact) mass is 286 g/mol. The van der Waals surface area contributed by atoms with Crippen LogP contribution in [0.4, 0.5) is 4.79 Å². The molecule has 0 aromatic carbocycles. The number of amides is 2. The summed E-state index contributed by atoms with van der Waals surface area (Å²) >= 11 is 1.52. The first-order valence-electron chi connectivity index (χ1n) is 6.99. The van der Waals surface area contributed by atoms with Gasteiger partial charge in [0, 0.05) is 18.8 Å². The van der Waals surface area contributed by atoms with E-state index in [-0.39, 0.29) is 6.03 Å². The van der Waals surface area contributed by atoms with Gasteiger partial charge in [0.15, 0.2) is 0 Å². The molecule has 0 bridgehead atoms. The van der Waals surface area contributed by atoms with Crippen LogP contribution in [0.2, 0.25) is 0 Å². The molecule has 108 valence electrons. The summed E-state index contributed by atoms with van der Waals surface area (Å²) in [6.45, 7) is 3.73. The molecule has 0 aromatic heterocycles. The van der Waals surface area contributed by atoms with Crippen molar-refractivity contribution in [2.45, 2.75) is 38.6 Å². The average molecular weight is 286 g/mol. The topological polar surface area (TPSA) is 60.9 Å². The number of nitrogens with zero attached hydrogens (tertiary/aromatic N) is 2. The van der Waals surface area contributed by atoms with Gasteiger partial charge in [0.2, 0.25) is 0 Å². The van der Waals surface area contributed by atoms with Crippen LogP contribution in [-0.2, 0) is 4.79 Å². The number of hydrogen-bond acceptors (Lipinski definition) is 3. The first-order valence-corrected chi connectivity index (χ1v) is 8.15. The molecule has 6 heteroatoms. The minimum absolute atomic E-state index is 0.0887. The lowest BCUT2D eigenvalue weighted by molar-refractivity contribution is -0.140. The molecular weight excluding hydrogens is 264 g/mol. The van der Waals surface area contributed by atoms with E-state index >= 15 is 0 Å². The molecule has 2 aliphatic rings. The third-order valence-electron chi connectivity index (χ3n) is 4.11. The van der Waals surface area contributed by atoms with E-state index in [1.54, 1.807) is 0 Å². The standard InChI is InChI=1S/C13H22N2O3S/c1-2-10-4-3-6-14(7-5-10)13(18)15-9-19-8-11(15)12(16)17/h10-11H,2-9H2,1H3,(H,16,17)/t10?,11-/m0/s1. The Morgan fingerprint density at radius 1 is 1.32 bits per heavy atom. The van der Waals surface area contributed by atoms with Gasteiger partial charge < -0.3 is 14.9 Å². The Bertz CT molecular complexity index is 351. The molecule has 2 rings (SSSR count). The number of carbonyl (C=O) groups excluding carboxylic acids is 1. The minimum Gasteiger partial charge on any atom is -0.480 e. The minimum atomic E-state index is -0.889. The fourth-order valence-corrected chi connectivity index (χ4v) is 3.92.